The van der Waals surface area contributed by atoms with Gasteiger partial charge in [0.2, 0.25) is 0 Å². The first-order valence-corrected chi connectivity index (χ1v) is 5.23. The van der Waals surface area contributed by atoms with Crippen LogP contribution in [0.4, 0.5) is 0 Å². The molecule has 0 radical (unpaired) electrons. The Morgan fingerprint density at radius 1 is 1.27 bits per heavy atom. The van der Waals surface area contributed by atoms with Crippen molar-refractivity contribution in [2.24, 2.45) is 5.16 Å². The normalized spacial score (nSPS) is 18.3. The van der Waals surface area contributed by atoms with Crippen LogP contribution in [-0.2, 0) is 6.42 Å². The number of ether oxygens (including phenoxy) is 1. The number of methoxy groups -OCH3 is 1. The Kier molecular flexibility index (Phi) is 2.90. The van der Waals surface area contributed by atoms with Crippen molar-refractivity contribution in [3.8, 4) is 5.75 Å². The summed E-state index contributed by atoms with van der Waals surface area (Å²) < 4.78 is 5.19. The largest absolute Gasteiger partial charge is 0.497 e. The lowest BCUT2D eigenvalue weighted by Crippen LogP contribution is -2.02. The molecule has 1 aromatic carbocycles. The second-order valence-electron chi connectivity index (χ2n) is 3.78. The van der Waals surface area contributed by atoms with Crippen LogP contribution >= 0.6 is 0 Å². The molecule has 1 aliphatic carbocycles. The molecule has 0 amide bonds. The highest BCUT2D eigenvalue weighted by Gasteiger charge is 2.14. The van der Waals surface area contributed by atoms with Crippen LogP contribution in [0.1, 0.15) is 30.4 Å². The number of rotatable bonds is 1. The van der Waals surface area contributed by atoms with Crippen LogP contribution < -0.4 is 4.74 Å². The Bertz CT molecular complexity index is 385. The molecule has 3 nitrogen and oxygen atoms in total. The fourth-order valence-corrected chi connectivity index (χ4v) is 2.03. The maximum absolute atomic E-state index is 8.95. The second-order valence-corrected chi connectivity index (χ2v) is 3.78. The van der Waals surface area contributed by atoms with Crippen molar-refractivity contribution in [2.75, 3.05) is 7.11 Å². The Labute approximate surface area is 89.4 Å². The smallest absolute Gasteiger partial charge is 0.119 e. The molecule has 0 fully saturated rings. The summed E-state index contributed by atoms with van der Waals surface area (Å²) in [7, 11) is 1.67. The molecule has 2 rings (SSSR count). The first kappa shape index (κ1) is 10.0. The van der Waals surface area contributed by atoms with Crippen molar-refractivity contribution >= 4 is 5.71 Å². The Morgan fingerprint density at radius 3 is 2.80 bits per heavy atom. The van der Waals surface area contributed by atoms with Crippen molar-refractivity contribution in [1.82, 2.24) is 0 Å². The van der Waals surface area contributed by atoms with Gasteiger partial charge in [-0.25, -0.2) is 0 Å². The highest BCUT2D eigenvalue weighted by atomic mass is 16.5. The molecule has 0 spiro atoms. The third-order valence-corrected chi connectivity index (χ3v) is 2.85. The molecule has 0 saturated heterocycles. The van der Waals surface area contributed by atoms with Gasteiger partial charge >= 0.3 is 0 Å². The predicted octanol–water partition coefficient (Wildman–Crippen LogP) is 2.60. The lowest BCUT2D eigenvalue weighted by molar-refractivity contribution is 0.318. The number of hydrogen-bond donors (Lipinski definition) is 1. The molecule has 15 heavy (non-hydrogen) atoms. The van der Waals surface area contributed by atoms with Gasteiger partial charge in [-0.2, -0.15) is 0 Å². The van der Waals surface area contributed by atoms with Crippen molar-refractivity contribution in [1.29, 1.82) is 0 Å². The first-order chi connectivity index (χ1) is 7.35. The van der Waals surface area contributed by atoms with Crippen LogP contribution in [0.2, 0.25) is 0 Å². The summed E-state index contributed by atoms with van der Waals surface area (Å²) in [5, 5.41) is 12.3. The van der Waals surface area contributed by atoms with E-state index in [1.54, 1.807) is 7.11 Å². The van der Waals surface area contributed by atoms with E-state index in [-0.39, 0.29) is 0 Å². The minimum Gasteiger partial charge on any atom is -0.497 e. The van der Waals surface area contributed by atoms with E-state index in [2.05, 4.69) is 5.16 Å². The number of nitrogens with zero attached hydrogens (tertiary/aromatic N) is 1. The zero-order chi connectivity index (χ0) is 10.7. The highest BCUT2D eigenvalue weighted by molar-refractivity contribution is 6.01. The molecule has 0 bridgehead atoms. The van der Waals surface area contributed by atoms with E-state index in [9.17, 15) is 0 Å². The van der Waals surface area contributed by atoms with E-state index in [1.165, 1.54) is 5.56 Å². The number of aryl methyl sites for hydroxylation is 1. The van der Waals surface area contributed by atoms with Crippen molar-refractivity contribution in [3.63, 3.8) is 0 Å². The summed E-state index contributed by atoms with van der Waals surface area (Å²) in [6, 6.07) is 5.93. The summed E-state index contributed by atoms with van der Waals surface area (Å²) >= 11 is 0. The molecule has 1 aromatic rings. The maximum Gasteiger partial charge on any atom is 0.119 e. The van der Waals surface area contributed by atoms with E-state index in [4.69, 9.17) is 9.94 Å². The van der Waals surface area contributed by atoms with Gasteiger partial charge in [0.1, 0.15) is 5.75 Å². The Morgan fingerprint density at radius 2 is 2.07 bits per heavy atom. The van der Waals surface area contributed by atoms with E-state index < -0.39 is 0 Å². The van der Waals surface area contributed by atoms with E-state index in [0.717, 1.165) is 42.7 Å². The summed E-state index contributed by atoms with van der Waals surface area (Å²) in [6.07, 6.45) is 4.11. The average Bonchev–Trinajstić information content (AvgIpc) is 2.49. The lowest BCUT2D eigenvalue weighted by atomic mass is 10.0. The maximum atomic E-state index is 8.95. The predicted molar refractivity (Wildman–Crippen MR) is 58.9 cm³/mol. The second kappa shape index (κ2) is 4.34. The minimum atomic E-state index is 0.796. The van der Waals surface area contributed by atoms with Gasteiger partial charge in [0.05, 0.1) is 12.8 Å². The van der Waals surface area contributed by atoms with E-state index in [0.29, 0.717) is 0 Å². The molecule has 0 saturated carbocycles. The number of fused-ring (bicyclic) bond motifs is 1. The first-order valence-electron chi connectivity index (χ1n) is 5.23. The van der Waals surface area contributed by atoms with Crippen LogP contribution in [0.5, 0.6) is 5.75 Å². The van der Waals surface area contributed by atoms with Crippen LogP contribution in [0, 0.1) is 0 Å². The van der Waals surface area contributed by atoms with Gasteiger partial charge in [0.25, 0.3) is 0 Å². The average molecular weight is 205 g/mol. The molecule has 0 atom stereocenters. The quantitative estimate of drug-likeness (QED) is 0.435. The van der Waals surface area contributed by atoms with Gasteiger partial charge in [-0.15, -0.1) is 0 Å². The number of benzene rings is 1. The van der Waals surface area contributed by atoms with Crippen LogP contribution in [-0.4, -0.2) is 18.0 Å². The van der Waals surface area contributed by atoms with Gasteiger partial charge in [0, 0.05) is 5.56 Å². The molecule has 80 valence electrons. The van der Waals surface area contributed by atoms with Crippen LogP contribution in [0.3, 0.4) is 0 Å². The fourth-order valence-electron chi connectivity index (χ4n) is 2.03. The summed E-state index contributed by atoms with van der Waals surface area (Å²) in [6.45, 7) is 0. The van der Waals surface area contributed by atoms with Crippen molar-refractivity contribution in [2.45, 2.75) is 25.7 Å². The van der Waals surface area contributed by atoms with Crippen LogP contribution in [0.25, 0.3) is 0 Å². The molecule has 0 aromatic heterocycles. The van der Waals surface area contributed by atoms with Crippen LogP contribution in [0.15, 0.2) is 23.4 Å². The number of hydrogen-bond acceptors (Lipinski definition) is 3. The highest BCUT2D eigenvalue weighted by Crippen LogP contribution is 2.25. The van der Waals surface area contributed by atoms with E-state index >= 15 is 0 Å². The summed E-state index contributed by atoms with van der Waals surface area (Å²) in [5.74, 6) is 0.868. The zero-order valence-corrected chi connectivity index (χ0v) is 8.86. The fraction of sp³-hybridized carbons (Fsp3) is 0.417. The van der Waals surface area contributed by atoms with E-state index in [1.807, 2.05) is 18.2 Å². The summed E-state index contributed by atoms with van der Waals surface area (Å²) in [4.78, 5) is 0. The molecule has 0 heterocycles. The molecule has 0 aliphatic heterocycles. The van der Waals surface area contributed by atoms with Gasteiger partial charge in [-0.3, -0.25) is 0 Å². The van der Waals surface area contributed by atoms with Gasteiger partial charge < -0.3 is 9.94 Å². The molecular formula is C12H15NO2. The van der Waals surface area contributed by atoms with Gasteiger partial charge in [0.15, 0.2) is 0 Å². The molecule has 1 N–H and O–H groups in total. The topological polar surface area (TPSA) is 41.8 Å². The zero-order valence-electron chi connectivity index (χ0n) is 8.86. The Hall–Kier alpha value is -1.51. The third-order valence-electron chi connectivity index (χ3n) is 2.85. The molecule has 1 aliphatic rings. The molecule has 3 heteroatoms. The molecule has 0 unspecified atom stereocenters. The van der Waals surface area contributed by atoms with Gasteiger partial charge in [-0.1, -0.05) is 5.16 Å². The Balaban J connectivity index is 2.45. The monoisotopic (exact) mass is 205 g/mol. The van der Waals surface area contributed by atoms with Crippen molar-refractivity contribution < 1.29 is 9.94 Å². The third kappa shape index (κ3) is 1.96. The van der Waals surface area contributed by atoms with Gasteiger partial charge in [-0.05, 0) is 49.4 Å². The van der Waals surface area contributed by atoms with Crippen molar-refractivity contribution in [3.05, 3.63) is 29.3 Å². The standard InChI is InChI=1S/C12H15NO2/c1-15-10-6-7-11-9(8-10)4-2-3-5-12(11)13-14/h6-8,14H,2-5H2,1H3/b13-12+. The molecular weight excluding hydrogens is 190 g/mol. The summed E-state index contributed by atoms with van der Waals surface area (Å²) in [5.41, 5.74) is 3.08. The minimum absolute atomic E-state index is 0.796. The lowest BCUT2D eigenvalue weighted by Gasteiger charge is -2.08. The SMILES string of the molecule is COc1ccc2c(c1)CCCC/C2=N\O. The number of oxime groups is 1.